The van der Waals surface area contributed by atoms with Gasteiger partial charge in [0.1, 0.15) is 11.5 Å². The highest BCUT2D eigenvalue weighted by molar-refractivity contribution is 6.01. The van der Waals surface area contributed by atoms with Crippen molar-refractivity contribution in [3.05, 3.63) is 57.6 Å². The molecule has 0 amide bonds. The summed E-state index contributed by atoms with van der Waals surface area (Å²) in [4.78, 5) is 31.9. The van der Waals surface area contributed by atoms with Gasteiger partial charge in [-0.3, -0.25) is 4.99 Å². The molecule has 1 saturated carbocycles. The Labute approximate surface area is 225 Å². The number of esters is 2. The van der Waals surface area contributed by atoms with Crippen LogP contribution in [0.3, 0.4) is 0 Å². The summed E-state index contributed by atoms with van der Waals surface area (Å²) in [5.74, 6) is 1.45. The second-order valence-corrected chi connectivity index (χ2v) is 11.6. The van der Waals surface area contributed by atoms with Gasteiger partial charge in [-0.15, -0.1) is 0 Å². The van der Waals surface area contributed by atoms with Crippen LogP contribution in [0.2, 0.25) is 0 Å². The average Bonchev–Trinajstić information content (AvgIpc) is 3.64. The summed E-state index contributed by atoms with van der Waals surface area (Å²) in [6, 6.07) is 0. The molecule has 1 spiro atoms. The number of nitrogens with zero attached hydrogens (tertiary/aromatic N) is 1. The number of carbonyl (C=O) groups excluding carboxylic acids is 2. The van der Waals surface area contributed by atoms with E-state index in [-0.39, 0.29) is 42.2 Å². The first-order valence-electron chi connectivity index (χ1n) is 14.7. The van der Waals surface area contributed by atoms with E-state index in [9.17, 15) is 14.7 Å². The van der Waals surface area contributed by atoms with E-state index in [0.717, 1.165) is 91.6 Å². The van der Waals surface area contributed by atoms with Crippen molar-refractivity contribution in [3.8, 4) is 0 Å². The van der Waals surface area contributed by atoms with E-state index in [1.807, 2.05) is 6.21 Å². The van der Waals surface area contributed by atoms with Crippen molar-refractivity contribution in [3.63, 3.8) is 0 Å². The fourth-order valence-corrected chi connectivity index (χ4v) is 8.36. The Morgan fingerprint density at radius 2 is 1.95 bits per heavy atom. The second kappa shape index (κ2) is 10.1. The minimum Gasteiger partial charge on any atom is -0.427 e. The van der Waals surface area contributed by atoms with Gasteiger partial charge in [-0.2, -0.15) is 0 Å². The Kier molecular flexibility index (Phi) is 6.79. The number of fused-ring (bicyclic) bond motifs is 1. The normalized spacial score (nSPS) is 34.1. The quantitative estimate of drug-likeness (QED) is 0.385. The lowest BCUT2D eigenvalue weighted by Crippen LogP contribution is -2.53. The van der Waals surface area contributed by atoms with Crippen molar-refractivity contribution >= 4 is 18.2 Å². The molecule has 0 aromatic carbocycles. The van der Waals surface area contributed by atoms with Gasteiger partial charge in [-0.05, 0) is 86.5 Å². The number of aliphatic imine (C=N–C) groups is 1. The molecule has 6 heteroatoms. The highest BCUT2D eigenvalue weighted by Gasteiger charge is 2.68. The molecule has 2 bridgehead atoms. The van der Waals surface area contributed by atoms with Crippen LogP contribution < -0.4 is 0 Å². The number of allylic oxidation sites excluding steroid dienone is 6. The van der Waals surface area contributed by atoms with E-state index in [1.54, 1.807) is 0 Å². The second-order valence-electron chi connectivity index (χ2n) is 11.6. The minimum atomic E-state index is -0.616. The monoisotopic (exact) mass is 517 g/mol. The minimum absolute atomic E-state index is 0.0398. The topological polar surface area (TPSA) is 85.2 Å². The smallest absolute Gasteiger partial charge is 0.340 e. The molecule has 3 aliphatic heterocycles. The first-order valence-corrected chi connectivity index (χ1v) is 14.7. The summed E-state index contributed by atoms with van der Waals surface area (Å²) in [7, 11) is 0. The lowest BCUT2D eigenvalue weighted by Gasteiger charge is -2.57. The zero-order chi connectivity index (χ0) is 26.4. The van der Waals surface area contributed by atoms with Crippen LogP contribution in [-0.4, -0.2) is 36.4 Å². The average molecular weight is 518 g/mol. The molecule has 2 fully saturated rings. The van der Waals surface area contributed by atoms with Gasteiger partial charge in [-0.25, -0.2) is 9.59 Å². The lowest BCUT2D eigenvalue weighted by atomic mass is 9.43. The summed E-state index contributed by atoms with van der Waals surface area (Å²) < 4.78 is 12.1. The molecule has 1 N–H and O–H groups in total. The van der Waals surface area contributed by atoms with Gasteiger partial charge in [0.2, 0.25) is 0 Å². The molecule has 0 aromatic rings. The number of hydrogen-bond donors (Lipinski definition) is 1. The molecule has 202 valence electrons. The summed E-state index contributed by atoms with van der Waals surface area (Å²) in [6.07, 6.45) is 17.0. The Morgan fingerprint density at radius 3 is 2.68 bits per heavy atom. The third-order valence-electron chi connectivity index (χ3n) is 9.73. The van der Waals surface area contributed by atoms with Crippen LogP contribution in [0.25, 0.3) is 0 Å². The largest absolute Gasteiger partial charge is 0.427 e. The molecule has 6 nitrogen and oxygen atoms in total. The maximum atomic E-state index is 13.9. The number of carbonyl (C=O) groups is 2. The number of aliphatic hydroxyl groups excluding tert-OH is 1. The lowest BCUT2D eigenvalue weighted by molar-refractivity contribution is -0.135. The van der Waals surface area contributed by atoms with Gasteiger partial charge in [0.15, 0.2) is 0 Å². The number of hydrogen-bond acceptors (Lipinski definition) is 6. The third-order valence-corrected chi connectivity index (χ3v) is 9.73. The van der Waals surface area contributed by atoms with Crippen molar-refractivity contribution in [2.24, 2.45) is 34.1 Å². The van der Waals surface area contributed by atoms with Gasteiger partial charge in [-0.1, -0.05) is 32.8 Å². The zero-order valence-electron chi connectivity index (χ0n) is 22.6. The number of cyclic esters (lactones) is 2. The Bertz CT molecular complexity index is 1230. The van der Waals surface area contributed by atoms with Gasteiger partial charge in [0.05, 0.1) is 17.5 Å². The van der Waals surface area contributed by atoms with Crippen LogP contribution in [0.5, 0.6) is 0 Å². The first-order chi connectivity index (χ1) is 18.6. The highest BCUT2D eigenvalue weighted by atomic mass is 16.5. The van der Waals surface area contributed by atoms with Gasteiger partial charge in [0.25, 0.3) is 0 Å². The Hall–Kier alpha value is -2.73. The highest BCUT2D eigenvalue weighted by Crippen LogP contribution is 2.71. The van der Waals surface area contributed by atoms with Crippen LogP contribution in [-0.2, 0) is 19.1 Å². The number of rotatable bonds is 9. The molecule has 1 saturated heterocycles. The van der Waals surface area contributed by atoms with Gasteiger partial charge >= 0.3 is 11.9 Å². The molecule has 4 aliphatic carbocycles. The van der Waals surface area contributed by atoms with Crippen molar-refractivity contribution in [1.29, 1.82) is 0 Å². The van der Waals surface area contributed by atoms with E-state index >= 15 is 0 Å². The van der Waals surface area contributed by atoms with Crippen LogP contribution in [0.1, 0.15) is 78.1 Å². The summed E-state index contributed by atoms with van der Waals surface area (Å²) in [6.45, 7) is 5.04. The predicted octanol–water partition coefficient (Wildman–Crippen LogP) is 5.90. The molecule has 5 atom stereocenters. The Morgan fingerprint density at radius 1 is 1.13 bits per heavy atom. The fraction of sp³-hybridized carbons (Fsp3) is 0.594. The maximum absolute atomic E-state index is 13.9. The van der Waals surface area contributed by atoms with E-state index in [0.29, 0.717) is 13.0 Å². The van der Waals surface area contributed by atoms with Crippen LogP contribution in [0.4, 0.5) is 0 Å². The van der Waals surface area contributed by atoms with Gasteiger partial charge in [0, 0.05) is 35.8 Å². The SMILES string of the molecule is CCCC=C1OC(=O)C2=C1CCC1C3CCC4(C(=CCCC)OC(=O)C4=C3C(CCCO)C3=CCN=C3)C21. The van der Waals surface area contributed by atoms with Crippen LogP contribution >= 0.6 is 0 Å². The van der Waals surface area contributed by atoms with E-state index < -0.39 is 5.41 Å². The zero-order valence-corrected chi connectivity index (χ0v) is 22.6. The number of unbranched alkanes of at least 4 members (excludes halogenated alkanes) is 2. The fourth-order valence-electron chi connectivity index (χ4n) is 8.36. The molecular formula is C32H39NO5. The van der Waals surface area contributed by atoms with Crippen molar-refractivity contribution in [1.82, 2.24) is 0 Å². The molecule has 0 radical (unpaired) electrons. The van der Waals surface area contributed by atoms with E-state index in [4.69, 9.17) is 9.47 Å². The number of ether oxygens (including phenoxy) is 2. The third kappa shape index (κ3) is 3.66. The van der Waals surface area contributed by atoms with E-state index in [2.05, 4.69) is 37.1 Å². The molecule has 0 aromatic heterocycles. The Balaban J connectivity index is 1.57. The van der Waals surface area contributed by atoms with Gasteiger partial charge < -0.3 is 14.6 Å². The molecule has 5 unspecified atom stereocenters. The van der Waals surface area contributed by atoms with Crippen molar-refractivity contribution < 1.29 is 24.2 Å². The molecule has 38 heavy (non-hydrogen) atoms. The van der Waals surface area contributed by atoms with Crippen LogP contribution in [0.15, 0.2) is 62.6 Å². The predicted molar refractivity (Wildman–Crippen MR) is 145 cm³/mol. The van der Waals surface area contributed by atoms with Crippen molar-refractivity contribution in [2.75, 3.05) is 13.2 Å². The molecule has 7 rings (SSSR count). The van der Waals surface area contributed by atoms with Crippen LogP contribution in [0, 0.1) is 29.1 Å². The molecular weight excluding hydrogens is 478 g/mol. The maximum Gasteiger partial charge on any atom is 0.340 e. The summed E-state index contributed by atoms with van der Waals surface area (Å²) in [5.41, 5.74) is 4.40. The summed E-state index contributed by atoms with van der Waals surface area (Å²) >= 11 is 0. The first kappa shape index (κ1) is 25.5. The summed E-state index contributed by atoms with van der Waals surface area (Å²) in [5, 5.41) is 9.74. The van der Waals surface area contributed by atoms with E-state index in [1.165, 1.54) is 5.57 Å². The standard InChI is InChI=1S/C32H39NO5/c1-3-5-9-24-23-12-11-22-21-13-15-32(28(22)27(23)30(35)37-24)25(10-6-4-2)38-31(36)29(32)26(21)20(8-7-17-34)19-14-16-33-18-19/h9-10,14,18,20-22,28,34H,3-8,11-13,15-17H2,1-2H3. The number of aliphatic hydroxyl groups is 1. The molecule has 7 aliphatic rings. The molecule has 3 heterocycles. The van der Waals surface area contributed by atoms with Crippen molar-refractivity contribution in [2.45, 2.75) is 78.1 Å².